The lowest BCUT2D eigenvalue weighted by Crippen LogP contribution is -2.22. The number of benzene rings is 1. The number of nitrogens with one attached hydrogen (secondary N) is 2. The number of hydrazone groups is 2. The zero-order valence-electron chi connectivity index (χ0n) is 13.4. The molecule has 7 heteroatoms. The van der Waals surface area contributed by atoms with Gasteiger partial charge in [-0.1, -0.05) is 36.4 Å². The summed E-state index contributed by atoms with van der Waals surface area (Å²) in [5.41, 5.74) is 7.61. The molecule has 2 N–H and O–H groups in total. The highest BCUT2D eigenvalue weighted by molar-refractivity contribution is 5.97. The fourth-order valence-electron chi connectivity index (χ4n) is 1.98. The number of nitrogens with zero attached hydrogens (tertiary/aromatic N) is 5. The summed E-state index contributed by atoms with van der Waals surface area (Å²) in [5, 5.41) is 8.52. The van der Waals surface area contributed by atoms with Crippen LogP contribution in [0.2, 0.25) is 0 Å². The highest BCUT2D eigenvalue weighted by atomic mass is 15.4. The van der Waals surface area contributed by atoms with Crippen molar-refractivity contribution in [2.24, 2.45) is 10.2 Å². The van der Waals surface area contributed by atoms with E-state index in [1.165, 1.54) is 5.56 Å². The van der Waals surface area contributed by atoms with Gasteiger partial charge in [-0.3, -0.25) is 20.8 Å². The summed E-state index contributed by atoms with van der Waals surface area (Å²) in [6.45, 7) is 0. The molecule has 3 aromatic rings. The van der Waals surface area contributed by atoms with Gasteiger partial charge in [0.1, 0.15) is 5.69 Å². The summed E-state index contributed by atoms with van der Waals surface area (Å²) in [6.07, 6.45) is 8.97. The molecule has 0 fully saturated rings. The third kappa shape index (κ3) is 5.21. The van der Waals surface area contributed by atoms with E-state index in [-0.39, 0.29) is 0 Å². The maximum absolute atomic E-state index is 4.29. The van der Waals surface area contributed by atoms with Crippen molar-refractivity contribution in [2.45, 2.75) is 6.42 Å². The predicted molar refractivity (Wildman–Crippen MR) is 98.2 cm³/mol. The molecule has 0 aliphatic rings. The van der Waals surface area contributed by atoms with Crippen molar-refractivity contribution in [3.05, 3.63) is 84.6 Å². The number of pyridine rings is 1. The third-order valence-corrected chi connectivity index (χ3v) is 3.18. The lowest BCUT2D eigenvalue weighted by molar-refractivity contribution is 0.998. The van der Waals surface area contributed by atoms with Crippen molar-refractivity contribution in [2.75, 3.05) is 5.43 Å². The molecule has 0 spiro atoms. The van der Waals surface area contributed by atoms with Crippen LogP contribution in [0.1, 0.15) is 11.3 Å². The molecular formula is C18H17N7. The van der Waals surface area contributed by atoms with Crippen molar-refractivity contribution in [3.8, 4) is 0 Å². The summed E-state index contributed by atoms with van der Waals surface area (Å²) in [5.74, 6) is 1.02. The van der Waals surface area contributed by atoms with E-state index < -0.39 is 0 Å². The maximum atomic E-state index is 4.29. The number of amidine groups is 1. The average Bonchev–Trinajstić information content (AvgIpc) is 2.70. The van der Waals surface area contributed by atoms with Gasteiger partial charge in [-0.25, -0.2) is 4.98 Å². The Balaban J connectivity index is 1.68. The molecule has 3 rings (SSSR count). The second-order valence-electron chi connectivity index (χ2n) is 4.99. The molecule has 0 amide bonds. The van der Waals surface area contributed by atoms with Gasteiger partial charge in [0.15, 0.2) is 11.7 Å². The minimum absolute atomic E-state index is 0.482. The van der Waals surface area contributed by atoms with Gasteiger partial charge in [0.25, 0.3) is 0 Å². The number of rotatable bonds is 6. The second-order valence-corrected chi connectivity index (χ2v) is 4.99. The Labute approximate surface area is 145 Å². The van der Waals surface area contributed by atoms with Crippen LogP contribution in [0.5, 0.6) is 0 Å². The molecule has 0 aliphatic carbocycles. The van der Waals surface area contributed by atoms with Crippen molar-refractivity contribution < 1.29 is 0 Å². The molecule has 0 saturated heterocycles. The molecule has 0 radical (unpaired) electrons. The first-order chi connectivity index (χ1) is 12.4. The van der Waals surface area contributed by atoms with Gasteiger partial charge in [-0.2, -0.15) is 10.2 Å². The minimum atomic E-state index is 0.482. The Bertz CT molecular complexity index is 818. The van der Waals surface area contributed by atoms with Crippen molar-refractivity contribution in [1.82, 2.24) is 20.4 Å². The number of hydrogen-bond donors (Lipinski definition) is 2. The Hall–Kier alpha value is -3.61. The first kappa shape index (κ1) is 16.3. The van der Waals surface area contributed by atoms with E-state index in [0.717, 1.165) is 6.42 Å². The molecule has 25 heavy (non-hydrogen) atoms. The van der Waals surface area contributed by atoms with Crippen LogP contribution in [0.15, 0.2) is 83.5 Å². The molecular weight excluding hydrogens is 314 g/mol. The van der Waals surface area contributed by atoms with Crippen LogP contribution in [0.4, 0.5) is 5.82 Å². The lowest BCUT2D eigenvalue weighted by atomic mass is 10.2. The first-order valence-electron chi connectivity index (χ1n) is 7.74. The molecule has 0 saturated carbocycles. The van der Waals surface area contributed by atoms with Crippen LogP contribution in [-0.2, 0) is 6.42 Å². The van der Waals surface area contributed by atoms with Crippen LogP contribution < -0.4 is 10.9 Å². The summed E-state index contributed by atoms with van der Waals surface area (Å²) in [6, 6.07) is 15.7. The molecule has 2 aromatic heterocycles. The van der Waals surface area contributed by atoms with E-state index in [4.69, 9.17) is 0 Å². The molecule has 0 atom stereocenters. The Kier molecular flexibility index (Phi) is 5.77. The number of aromatic nitrogens is 3. The quantitative estimate of drug-likeness (QED) is 0.411. The van der Waals surface area contributed by atoms with Crippen molar-refractivity contribution in [3.63, 3.8) is 0 Å². The van der Waals surface area contributed by atoms with Crippen LogP contribution in [0.3, 0.4) is 0 Å². The second kappa shape index (κ2) is 8.88. The van der Waals surface area contributed by atoms with Crippen LogP contribution in [0, 0.1) is 0 Å². The van der Waals surface area contributed by atoms with Gasteiger partial charge in [-0.15, -0.1) is 0 Å². The van der Waals surface area contributed by atoms with E-state index >= 15 is 0 Å². The Morgan fingerprint density at radius 2 is 1.84 bits per heavy atom. The van der Waals surface area contributed by atoms with E-state index in [0.29, 0.717) is 17.3 Å². The zero-order chi connectivity index (χ0) is 17.2. The highest BCUT2D eigenvalue weighted by Gasteiger charge is 2.03. The summed E-state index contributed by atoms with van der Waals surface area (Å²) < 4.78 is 0. The van der Waals surface area contributed by atoms with Crippen LogP contribution >= 0.6 is 0 Å². The van der Waals surface area contributed by atoms with E-state index in [9.17, 15) is 0 Å². The smallest absolute Gasteiger partial charge is 0.192 e. The SMILES string of the molecule is C(Cc1ccccc1)=NNC(=NNc1cnccn1)c1ccccn1. The minimum Gasteiger partial charge on any atom is -0.259 e. The fraction of sp³-hybridized carbons (Fsp3) is 0.0556. The van der Waals surface area contributed by atoms with E-state index in [2.05, 4.69) is 48.1 Å². The molecule has 2 heterocycles. The highest BCUT2D eigenvalue weighted by Crippen LogP contribution is 2.00. The Morgan fingerprint density at radius 3 is 2.60 bits per heavy atom. The first-order valence-corrected chi connectivity index (χ1v) is 7.74. The van der Waals surface area contributed by atoms with Crippen molar-refractivity contribution >= 4 is 17.9 Å². The number of anilines is 1. The van der Waals surface area contributed by atoms with E-state index in [1.807, 2.05) is 36.4 Å². The van der Waals surface area contributed by atoms with Gasteiger partial charge in [0.05, 0.1) is 6.20 Å². The molecule has 124 valence electrons. The maximum Gasteiger partial charge on any atom is 0.192 e. The largest absolute Gasteiger partial charge is 0.259 e. The van der Waals surface area contributed by atoms with Crippen molar-refractivity contribution in [1.29, 1.82) is 0 Å². The molecule has 1 aromatic carbocycles. The fourth-order valence-corrected chi connectivity index (χ4v) is 1.98. The summed E-state index contributed by atoms with van der Waals surface area (Å²) in [7, 11) is 0. The van der Waals surface area contributed by atoms with Gasteiger partial charge in [0.2, 0.25) is 0 Å². The molecule has 0 bridgehead atoms. The van der Waals surface area contributed by atoms with Crippen LogP contribution in [-0.4, -0.2) is 27.0 Å². The van der Waals surface area contributed by atoms with Gasteiger partial charge in [-0.05, 0) is 17.7 Å². The predicted octanol–water partition coefficient (Wildman–Crippen LogP) is 2.46. The monoisotopic (exact) mass is 331 g/mol. The molecule has 7 nitrogen and oxygen atoms in total. The third-order valence-electron chi connectivity index (χ3n) is 3.18. The molecule has 0 unspecified atom stereocenters. The lowest BCUT2D eigenvalue weighted by Gasteiger charge is -2.05. The standard InChI is InChI=1S/C18H17N7/c1-2-6-15(7-3-1)9-11-22-24-18(16-8-4-5-10-20-16)25-23-17-14-19-12-13-21-17/h1-8,10-14H,9H2,(H,21,23)(H,24,25). The van der Waals surface area contributed by atoms with E-state index in [1.54, 1.807) is 31.0 Å². The molecule has 0 aliphatic heterocycles. The summed E-state index contributed by atoms with van der Waals surface area (Å²) >= 11 is 0. The average molecular weight is 331 g/mol. The summed E-state index contributed by atoms with van der Waals surface area (Å²) in [4.78, 5) is 12.4. The van der Waals surface area contributed by atoms with Gasteiger partial charge >= 0.3 is 0 Å². The zero-order valence-corrected chi connectivity index (χ0v) is 13.4. The normalized spacial score (nSPS) is 11.4. The Morgan fingerprint density at radius 1 is 0.960 bits per heavy atom. The van der Waals surface area contributed by atoms with Crippen LogP contribution in [0.25, 0.3) is 0 Å². The number of hydrogen-bond acceptors (Lipinski definition) is 6. The van der Waals surface area contributed by atoms with Gasteiger partial charge in [0, 0.05) is 31.2 Å². The van der Waals surface area contributed by atoms with Gasteiger partial charge < -0.3 is 0 Å². The topological polar surface area (TPSA) is 87.5 Å².